The molecule has 5 heteroatoms. The number of carbonyl (C=O) groups excluding carboxylic acids is 1. The van der Waals surface area contributed by atoms with Gasteiger partial charge in [-0.3, -0.25) is 4.79 Å². The van der Waals surface area contributed by atoms with Crippen LogP contribution in [-0.4, -0.2) is 13.0 Å². The number of halogens is 2. The molecule has 0 aliphatic carbocycles. The predicted octanol–water partition coefficient (Wildman–Crippen LogP) is 4.17. The van der Waals surface area contributed by atoms with Gasteiger partial charge in [-0.15, -0.1) is 0 Å². The van der Waals surface area contributed by atoms with E-state index in [0.29, 0.717) is 17.3 Å². The third kappa shape index (κ3) is 4.56. The quantitative estimate of drug-likeness (QED) is 0.877. The molecule has 0 aliphatic rings. The number of anilines is 1. The van der Waals surface area contributed by atoms with Gasteiger partial charge < -0.3 is 10.1 Å². The number of methoxy groups -OCH3 is 1. The first-order valence-electron chi connectivity index (χ1n) is 6.46. The van der Waals surface area contributed by atoms with Crippen molar-refractivity contribution in [3.05, 3.63) is 58.3 Å². The Balaban J connectivity index is 1.89. The van der Waals surface area contributed by atoms with Gasteiger partial charge in [0.05, 0.1) is 12.8 Å². The Hall–Kier alpha value is -1.88. The lowest BCUT2D eigenvalue weighted by molar-refractivity contribution is -0.116. The van der Waals surface area contributed by atoms with Crippen molar-refractivity contribution >= 4 is 27.5 Å². The summed E-state index contributed by atoms with van der Waals surface area (Å²) in [5, 5.41) is 2.57. The molecule has 0 bridgehead atoms. The third-order valence-corrected chi connectivity index (χ3v) is 3.50. The molecule has 0 atom stereocenters. The van der Waals surface area contributed by atoms with E-state index in [9.17, 15) is 9.18 Å². The molecule has 1 N–H and O–H groups in total. The summed E-state index contributed by atoms with van der Waals surface area (Å²) in [6.45, 7) is 0. The molecule has 21 heavy (non-hydrogen) atoms. The maximum absolute atomic E-state index is 13.6. The molecule has 110 valence electrons. The van der Waals surface area contributed by atoms with E-state index in [2.05, 4.69) is 21.2 Å². The lowest BCUT2D eigenvalue weighted by Crippen LogP contribution is -2.13. The molecular weight excluding hydrogens is 337 g/mol. The highest BCUT2D eigenvalue weighted by Gasteiger charge is 2.07. The lowest BCUT2D eigenvalue weighted by Gasteiger charge is -2.07. The van der Waals surface area contributed by atoms with Crippen LogP contribution in [0.25, 0.3) is 0 Å². The summed E-state index contributed by atoms with van der Waals surface area (Å²) in [4.78, 5) is 11.8. The number of carbonyl (C=O) groups is 1. The summed E-state index contributed by atoms with van der Waals surface area (Å²) < 4.78 is 19.3. The fourth-order valence-electron chi connectivity index (χ4n) is 1.85. The molecule has 0 spiro atoms. The Morgan fingerprint density at radius 1 is 1.24 bits per heavy atom. The van der Waals surface area contributed by atoms with Crippen LogP contribution in [0.2, 0.25) is 0 Å². The molecule has 0 fully saturated rings. The molecule has 3 nitrogen and oxygen atoms in total. The summed E-state index contributed by atoms with van der Waals surface area (Å²) in [6, 6.07) is 12.0. The SMILES string of the molecule is COc1ccc(CCC(=O)Nc2ccc(Br)cc2F)cc1. The molecule has 1 amide bonds. The standard InChI is InChI=1S/C16H15BrFNO2/c1-21-13-6-2-11(3-7-13)4-9-16(20)19-15-8-5-12(17)10-14(15)18/h2-3,5-8,10H,4,9H2,1H3,(H,19,20). The van der Waals surface area contributed by atoms with E-state index in [0.717, 1.165) is 11.3 Å². The molecule has 2 aromatic rings. The van der Waals surface area contributed by atoms with Gasteiger partial charge in [0, 0.05) is 10.9 Å². The number of hydrogen-bond acceptors (Lipinski definition) is 2. The zero-order chi connectivity index (χ0) is 15.2. The molecule has 0 aliphatic heterocycles. The maximum Gasteiger partial charge on any atom is 0.224 e. The first-order chi connectivity index (χ1) is 10.1. The molecule has 0 aromatic heterocycles. The molecular formula is C16H15BrFNO2. The summed E-state index contributed by atoms with van der Waals surface area (Å²) in [5.74, 6) is 0.106. The van der Waals surface area contributed by atoms with Crippen molar-refractivity contribution < 1.29 is 13.9 Å². The Morgan fingerprint density at radius 2 is 1.95 bits per heavy atom. The zero-order valence-corrected chi connectivity index (χ0v) is 13.1. The first kappa shape index (κ1) is 15.5. The zero-order valence-electron chi connectivity index (χ0n) is 11.5. The van der Waals surface area contributed by atoms with Gasteiger partial charge in [-0.2, -0.15) is 0 Å². The number of ether oxygens (including phenoxy) is 1. The van der Waals surface area contributed by atoms with Crippen molar-refractivity contribution in [1.82, 2.24) is 0 Å². The van der Waals surface area contributed by atoms with Crippen LogP contribution in [0.3, 0.4) is 0 Å². The van der Waals surface area contributed by atoms with Gasteiger partial charge in [-0.05, 0) is 42.3 Å². The number of nitrogens with one attached hydrogen (secondary N) is 1. The van der Waals surface area contributed by atoms with Crippen LogP contribution in [0.1, 0.15) is 12.0 Å². The van der Waals surface area contributed by atoms with Crippen LogP contribution >= 0.6 is 15.9 Å². The summed E-state index contributed by atoms with van der Waals surface area (Å²) in [6.07, 6.45) is 0.885. The van der Waals surface area contributed by atoms with Crippen molar-refractivity contribution in [3.8, 4) is 5.75 Å². The molecule has 2 rings (SSSR count). The van der Waals surface area contributed by atoms with E-state index in [1.807, 2.05) is 24.3 Å². The van der Waals surface area contributed by atoms with E-state index >= 15 is 0 Å². The summed E-state index contributed by atoms with van der Waals surface area (Å²) in [5.41, 5.74) is 1.22. The van der Waals surface area contributed by atoms with Crippen LogP contribution < -0.4 is 10.1 Å². The number of rotatable bonds is 5. The van der Waals surface area contributed by atoms with Gasteiger partial charge in [-0.25, -0.2) is 4.39 Å². The van der Waals surface area contributed by atoms with Crippen LogP contribution in [-0.2, 0) is 11.2 Å². The maximum atomic E-state index is 13.6. The normalized spacial score (nSPS) is 10.2. The molecule has 2 aromatic carbocycles. The van der Waals surface area contributed by atoms with Gasteiger partial charge in [0.15, 0.2) is 0 Å². The number of amides is 1. The number of hydrogen-bond donors (Lipinski definition) is 1. The largest absolute Gasteiger partial charge is 0.497 e. The van der Waals surface area contributed by atoms with Crippen molar-refractivity contribution in [3.63, 3.8) is 0 Å². The Morgan fingerprint density at radius 3 is 2.57 bits per heavy atom. The monoisotopic (exact) mass is 351 g/mol. The smallest absolute Gasteiger partial charge is 0.224 e. The topological polar surface area (TPSA) is 38.3 Å². The van der Waals surface area contributed by atoms with Crippen molar-refractivity contribution in [2.75, 3.05) is 12.4 Å². The third-order valence-electron chi connectivity index (χ3n) is 3.01. The second-order valence-corrected chi connectivity index (χ2v) is 5.44. The van der Waals surface area contributed by atoms with Gasteiger partial charge in [0.25, 0.3) is 0 Å². The fourth-order valence-corrected chi connectivity index (χ4v) is 2.19. The fraction of sp³-hybridized carbons (Fsp3) is 0.188. The second kappa shape index (κ2) is 7.22. The number of aryl methyl sites for hydroxylation is 1. The molecule has 0 saturated heterocycles. The van der Waals surface area contributed by atoms with E-state index in [4.69, 9.17) is 4.74 Å². The molecule has 0 unspecified atom stereocenters. The molecule has 0 radical (unpaired) electrons. The molecule has 0 saturated carbocycles. The highest BCUT2D eigenvalue weighted by atomic mass is 79.9. The van der Waals surface area contributed by atoms with Gasteiger partial charge in [0.2, 0.25) is 5.91 Å². The summed E-state index contributed by atoms with van der Waals surface area (Å²) >= 11 is 3.17. The summed E-state index contributed by atoms with van der Waals surface area (Å²) in [7, 11) is 1.61. The predicted molar refractivity (Wildman–Crippen MR) is 84.0 cm³/mol. The van der Waals surface area contributed by atoms with Crippen molar-refractivity contribution in [2.45, 2.75) is 12.8 Å². The Bertz CT molecular complexity index is 629. The van der Waals surface area contributed by atoms with E-state index in [1.165, 1.54) is 12.1 Å². The van der Waals surface area contributed by atoms with Gasteiger partial charge in [-0.1, -0.05) is 28.1 Å². The molecule has 0 heterocycles. The van der Waals surface area contributed by atoms with Crippen LogP contribution in [0, 0.1) is 5.82 Å². The Labute approximate surface area is 131 Å². The van der Waals surface area contributed by atoms with Crippen LogP contribution in [0.4, 0.5) is 10.1 Å². The van der Waals surface area contributed by atoms with Crippen molar-refractivity contribution in [1.29, 1.82) is 0 Å². The van der Waals surface area contributed by atoms with E-state index in [1.54, 1.807) is 13.2 Å². The average molecular weight is 352 g/mol. The second-order valence-electron chi connectivity index (χ2n) is 4.52. The minimum atomic E-state index is -0.456. The minimum Gasteiger partial charge on any atom is -0.497 e. The first-order valence-corrected chi connectivity index (χ1v) is 7.25. The van der Waals surface area contributed by atoms with Crippen molar-refractivity contribution in [2.24, 2.45) is 0 Å². The number of benzene rings is 2. The van der Waals surface area contributed by atoms with Crippen LogP contribution in [0.5, 0.6) is 5.75 Å². The Kier molecular flexibility index (Phi) is 5.33. The van der Waals surface area contributed by atoms with Gasteiger partial charge >= 0.3 is 0 Å². The minimum absolute atomic E-state index is 0.193. The highest BCUT2D eigenvalue weighted by Crippen LogP contribution is 2.19. The van der Waals surface area contributed by atoms with Gasteiger partial charge in [0.1, 0.15) is 11.6 Å². The van der Waals surface area contributed by atoms with E-state index < -0.39 is 5.82 Å². The van der Waals surface area contributed by atoms with Crippen LogP contribution in [0.15, 0.2) is 46.9 Å². The lowest BCUT2D eigenvalue weighted by atomic mass is 10.1. The van der Waals surface area contributed by atoms with E-state index in [-0.39, 0.29) is 11.6 Å². The highest BCUT2D eigenvalue weighted by molar-refractivity contribution is 9.10. The average Bonchev–Trinajstić information content (AvgIpc) is 2.48.